The van der Waals surface area contributed by atoms with Gasteiger partial charge < -0.3 is 9.72 Å². The van der Waals surface area contributed by atoms with Crippen molar-refractivity contribution in [2.45, 2.75) is 20.0 Å². The molecule has 0 aliphatic heterocycles. The number of pyridine rings is 1. The summed E-state index contributed by atoms with van der Waals surface area (Å²) in [6, 6.07) is 12.5. The molecule has 5 heteroatoms. The van der Waals surface area contributed by atoms with Crippen LogP contribution < -0.4 is 0 Å². The minimum atomic E-state index is -0.887. The van der Waals surface area contributed by atoms with E-state index in [0.29, 0.717) is 5.56 Å². The summed E-state index contributed by atoms with van der Waals surface area (Å²) in [5.41, 5.74) is 2.39. The molecule has 3 rings (SSSR count). The number of ketones is 1. The van der Waals surface area contributed by atoms with E-state index in [1.54, 1.807) is 25.1 Å². The van der Waals surface area contributed by atoms with E-state index in [1.165, 1.54) is 6.20 Å². The predicted octanol–water partition coefficient (Wildman–Crippen LogP) is 3.30. The molecule has 0 aliphatic rings. The maximum absolute atomic E-state index is 12.7. The summed E-state index contributed by atoms with van der Waals surface area (Å²) >= 11 is 0. The number of aryl methyl sites for hydroxylation is 1. The number of nitrogens with zero attached hydrogens (tertiary/aromatic N) is 1. The smallest absolute Gasteiger partial charge is 0.357 e. The second kappa shape index (κ2) is 6.04. The van der Waals surface area contributed by atoms with Crippen molar-refractivity contribution in [1.29, 1.82) is 0 Å². The number of aromatic amines is 1. The molecular formula is C18H16N2O3. The van der Waals surface area contributed by atoms with E-state index in [1.807, 2.05) is 31.2 Å². The third-order valence-corrected chi connectivity index (χ3v) is 3.67. The first-order valence-corrected chi connectivity index (χ1v) is 7.31. The van der Waals surface area contributed by atoms with Gasteiger partial charge in [0.05, 0.1) is 0 Å². The van der Waals surface area contributed by atoms with Crippen molar-refractivity contribution >= 4 is 22.7 Å². The third kappa shape index (κ3) is 2.85. The highest BCUT2D eigenvalue weighted by Crippen LogP contribution is 2.24. The van der Waals surface area contributed by atoms with Crippen LogP contribution in [0.1, 0.15) is 33.5 Å². The molecule has 2 aromatic heterocycles. The van der Waals surface area contributed by atoms with Crippen LogP contribution in [-0.2, 0) is 4.74 Å². The number of rotatable bonds is 4. The normalized spacial score (nSPS) is 12.1. The Kier molecular flexibility index (Phi) is 3.93. The fraction of sp³-hybridized carbons (Fsp3) is 0.167. The van der Waals surface area contributed by atoms with Crippen LogP contribution in [0.3, 0.4) is 0 Å². The number of ether oxygens (including phenoxy) is 1. The van der Waals surface area contributed by atoms with Crippen LogP contribution in [0, 0.1) is 6.92 Å². The van der Waals surface area contributed by atoms with Crippen molar-refractivity contribution < 1.29 is 14.3 Å². The number of benzene rings is 1. The Morgan fingerprint density at radius 2 is 1.87 bits per heavy atom. The second-order valence-electron chi connectivity index (χ2n) is 5.30. The molecule has 0 amide bonds. The molecule has 116 valence electrons. The van der Waals surface area contributed by atoms with Crippen LogP contribution in [0.2, 0.25) is 0 Å². The quantitative estimate of drug-likeness (QED) is 0.593. The lowest BCUT2D eigenvalue weighted by Gasteiger charge is -2.12. The molecule has 1 atom stereocenters. The van der Waals surface area contributed by atoms with Crippen LogP contribution >= 0.6 is 0 Å². The molecule has 0 radical (unpaired) electrons. The SMILES string of the molecule is Cc1[nH]c2ccccc2c1C(=O)[C@H](C)OC(=O)c1ccccn1. The van der Waals surface area contributed by atoms with Crippen molar-refractivity contribution in [3.8, 4) is 0 Å². The summed E-state index contributed by atoms with van der Waals surface area (Å²) in [6.45, 7) is 3.41. The van der Waals surface area contributed by atoms with Crippen molar-refractivity contribution in [1.82, 2.24) is 9.97 Å². The maximum Gasteiger partial charge on any atom is 0.357 e. The van der Waals surface area contributed by atoms with E-state index >= 15 is 0 Å². The highest BCUT2D eigenvalue weighted by molar-refractivity contribution is 6.11. The first kappa shape index (κ1) is 15.0. The lowest BCUT2D eigenvalue weighted by atomic mass is 10.0. The van der Waals surface area contributed by atoms with Gasteiger partial charge >= 0.3 is 5.97 Å². The van der Waals surface area contributed by atoms with Crippen molar-refractivity contribution in [3.05, 3.63) is 65.6 Å². The van der Waals surface area contributed by atoms with E-state index in [2.05, 4.69) is 9.97 Å². The minimum absolute atomic E-state index is 0.183. The van der Waals surface area contributed by atoms with Gasteiger partial charge in [-0.15, -0.1) is 0 Å². The van der Waals surface area contributed by atoms with Crippen molar-refractivity contribution in [2.75, 3.05) is 0 Å². The van der Waals surface area contributed by atoms with Crippen LogP contribution in [0.15, 0.2) is 48.7 Å². The van der Waals surface area contributed by atoms with E-state index < -0.39 is 12.1 Å². The molecule has 0 spiro atoms. The summed E-state index contributed by atoms with van der Waals surface area (Å²) in [4.78, 5) is 31.8. The van der Waals surface area contributed by atoms with E-state index in [0.717, 1.165) is 16.6 Å². The summed E-state index contributed by atoms with van der Waals surface area (Å²) in [7, 11) is 0. The fourth-order valence-electron chi connectivity index (χ4n) is 2.56. The molecule has 23 heavy (non-hydrogen) atoms. The van der Waals surface area contributed by atoms with Gasteiger partial charge in [0, 0.05) is 28.4 Å². The first-order valence-electron chi connectivity index (χ1n) is 7.31. The lowest BCUT2D eigenvalue weighted by molar-refractivity contribution is 0.0313. The van der Waals surface area contributed by atoms with E-state index in [-0.39, 0.29) is 11.5 Å². The van der Waals surface area contributed by atoms with Crippen molar-refractivity contribution in [2.24, 2.45) is 0 Å². The van der Waals surface area contributed by atoms with Gasteiger partial charge in [0.1, 0.15) is 5.69 Å². The summed E-state index contributed by atoms with van der Waals surface area (Å²) in [6.07, 6.45) is 0.620. The number of hydrogen-bond acceptors (Lipinski definition) is 4. The number of para-hydroxylation sites is 1. The van der Waals surface area contributed by atoms with E-state index in [4.69, 9.17) is 4.74 Å². The molecule has 3 aromatic rings. The highest BCUT2D eigenvalue weighted by atomic mass is 16.5. The summed E-state index contributed by atoms with van der Waals surface area (Å²) in [5, 5.41) is 0.829. The van der Waals surface area contributed by atoms with Gasteiger partial charge in [-0.05, 0) is 32.0 Å². The van der Waals surface area contributed by atoms with Crippen LogP contribution in [-0.4, -0.2) is 27.8 Å². The number of aromatic nitrogens is 2. The summed E-state index contributed by atoms with van der Waals surface area (Å²) < 4.78 is 5.26. The van der Waals surface area contributed by atoms with Gasteiger partial charge in [0.2, 0.25) is 5.78 Å². The van der Waals surface area contributed by atoms with Gasteiger partial charge in [-0.1, -0.05) is 24.3 Å². The van der Waals surface area contributed by atoms with Crippen LogP contribution in [0.25, 0.3) is 10.9 Å². The Labute approximate surface area is 133 Å². The van der Waals surface area contributed by atoms with Gasteiger partial charge in [0.15, 0.2) is 6.10 Å². The zero-order valence-electron chi connectivity index (χ0n) is 12.9. The fourth-order valence-corrected chi connectivity index (χ4v) is 2.56. The molecule has 0 saturated heterocycles. The van der Waals surface area contributed by atoms with Gasteiger partial charge in [-0.25, -0.2) is 9.78 Å². The number of hydrogen-bond donors (Lipinski definition) is 1. The molecule has 0 bridgehead atoms. The maximum atomic E-state index is 12.7. The Balaban J connectivity index is 1.85. The predicted molar refractivity (Wildman–Crippen MR) is 86.5 cm³/mol. The zero-order chi connectivity index (χ0) is 16.4. The van der Waals surface area contributed by atoms with Crippen LogP contribution in [0.4, 0.5) is 0 Å². The third-order valence-electron chi connectivity index (χ3n) is 3.67. The van der Waals surface area contributed by atoms with Gasteiger partial charge in [-0.2, -0.15) is 0 Å². The Bertz CT molecular complexity index is 868. The molecule has 0 fully saturated rings. The number of fused-ring (bicyclic) bond motifs is 1. The Morgan fingerprint density at radius 1 is 1.13 bits per heavy atom. The van der Waals surface area contributed by atoms with Crippen molar-refractivity contribution in [3.63, 3.8) is 0 Å². The number of Topliss-reactive ketones (excluding diaryl/α,β-unsaturated/α-hetero) is 1. The molecule has 1 aromatic carbocycles. The zero-order valence-corrected chi connectivity index (χ0v) is 12.9. The second-order valence-corrected chi connectivity index (χ2v) is 5.30. The average Bonchev–Trinajstić information content (AvgIpc) is 2.90. The molecular weight excluding hydrogens is 292 g/mol. The Hall–Kier alpha value is -2.95. The molecule has 1 N–H and O–H groups in total. The monoisotopic (exact) mass is 308 g/mol. The lowest BCUT2D eigenvalue weighted by Crippen LogP contribution is -2.25. The minimum Gasteiger partial charge on any atom is -0.450 e. The highest BCUT2D eigenvalue weighted by Gasteiger charge is 2.25. The number of H-pyrrole nitrogens is 1. The van der Waals surface area contributed by atoms with Gasteiger partial charge in [0.25, 0.3) is 0 Å². The molecule has 0 unspecified atom stereocenters. The average molecular weight is 308 g/mol. The van der Waals surface area contributed by atoms with Gasteiger partial charge in [-0.3, -0.25) is 4.79 Å². The standard InChI is InChI=1S/C18H16N2O3/c1-11-16(13-7-3-4-8-14(13)20-11)17(21)12(2)23-18(22)15-9-5-6-10-19-15/h3-10,12,20H,1-2H3/t12-/m0/s1. The first-order chi connectivity index (χ1) is 11.1. The molecule has 2 heterocycles. The number of esters is 1. The molecule has 0 saturated carbocycles. The largest absolute Gasteiger partial charge is 0.450 e. The van der Waals surface area contributed by atoms with Crippen LogP contribution in [0.5, 0.6) is 0 Å². The molecule has 5 nitrogen and oxygen atoms in total. The number of carbonyl (C=O) groups excluding carboxylic acids is 2. The van der Waals surface area contributed by atoms with E-state index in [9.17, 15) is 9.59 Å². The summed E-state index contributed by atoms with van der Waals surface area (Å²) in [5.74, 6) is -0.840. The Morgan fingerprint density at radius 3 is 2.61 bits per heavy atom. The number of carbonyl (C=O) groups is 2. The topological polar surface area (TPSA) is 72.1 Å². The number of nitrogens with one attached hydrogen (secondary N) is 1. The molecule has 0 aliphatic carbocycles.